The van der Waals surface area contributed by atoms with Crippen LogP contribution in [-0.2, 0) is 6.54 Å². The van der Waals surface area contributed by atoms with E-state index in [1.807, 2.05) is 4.57 Å². The Kier molecular flexibility index (Phi) is 2.28. The van der Waals surface area contributed by atoms with Crippen molar-refractivity contribution in [1.82, 2.24) is 14.2 Å². The van der Waals surface area contributed by atoms with Gasteiger partial charge in [0.2, 0.25) is 0 Å². The average Bonchev–Trinajstić information content (AvgIpc) is 2.56. The summed E-state index contributed by atoms with van der Waals surface area (Å²) in [5, 5.41) is 4.49. The van der Waals surface area contributed by atoms with Crippen LogP contribution in [0.3, 0.4) is 0 Å². The number of anilines is 1. The molecule has 0 aromatic carbocycles. The number of hydrogen-bond acceptors (Lipinski definition) is 5. The molecule has 0 saturated heterocycles. The molecule has 0 bridgehead atoms. The second kappa shape index (κ2) is 3.59. The molecular weight excluding hydrogens is 200 g/mol. The Bertz CT molecular complexity index is 470. The molecule has 5 nitrogen and oxygen atoms in total. The van der Waals surface area contributed by atoms with Crippen LogP contribution < -0.4 is 11.2 Å². The molecule has 6 heteroatoms. The van der Waals surface area contributed by atoms with Gasteiger partial charge in [0.15, 0.2) is 5.43 Å². The molecule has 2 heterocycles. The standard InChI is InChI=1S/C8H8N4OS/c9-8-7(10-11-14-8)5-12-3-1-6(13)2-4-12/h1-4H,5,9H2. The Morgan fingerprint density at radius 3 is 2.71 bits per heavy atom. The number of nitrogens with zero attached hydrogens (tertiary/aromatic N) is 3. The van der Waals surface area contributed by atoms with Crippen molar-refractivity contribution >= 4 is 16.5 Å². The smallest absolute Gasteiger partial charge is 0.181 e. The van der Waals surface area contributed by atoms with Crippen molar-refractivity contribution in [3.63, 3.8) is 0 Å². The zero-order valence-electron chi connectivity index (χ0n) is 7.25. The molecule has 0 aliphatic heterocycles. The number of nitrogens with two attached hydrogens (primary N) is 1. The predicted octanol–water partition coefficient (Wildman–Crippen LogP) is 0.330. The lowest BCUT2D eigenvalue weighted by molar-refractivity contribution is 0.762. The Hall–Kier alpha value is -1.69. The van der Waals surface area contributed by atoms with E-state index in [1.54, 1.807) is 12.4 Å². The summed E-state index contributed by atoms with van der Waals surface area (Å²) >= 11 is 1.17. The molecule has 2 rings (SSSR count). The summed E-state index contributed by atoms with van der Waals surface area (Å²) in [5.74, 6) is 0. The van der Waals surface area contributed by atoms with E-state index in [0.29, 0.717) is 11.5 Å². The molecule has 2 N–H and O–H groups in total. The van der Waals surface area contributed by atoms with Crippen molar-refractivity contribution in [3.05, 3.63) is 40.4 Å². The molecule has 0 atom stereocenters. The fourth-order valence-electron chi connectivity index (χ4n) is 1.05. The largest absolute Gasteiger partial charge is 0.388 e. The summed E-state index contributed by atoms with van der Waals surface area (Å²) < 4.78 is 5.55. The lowest BCUT2D eigenvalue weighted by atomic mass is 10.4. The highest BCUT2D eigenvalue weighted by Gasteiger charge is 2.03. The van der Waals surface area contributed by atoms with E-state index in [4.69, 9.17) is 5.73 Å². The summed E-state index contributed by atoms with van der Waals surface area (Å²) in [7, 11) is 0. The van der Waals surface area contributed by atoms with E-state index in [-0.39, 0.29) is 5.43 Å². The van der Waals surface area contributed by atoms with Crippen LogP contribution in [0.1, 0.15) is 5.69 Å². The first-order valence-corrected chi connectivity index (χ1v) is 4.76. The SMILES string of the molecule is Nc1snnc1Cn1ccc(=O)cc1. The van der Waals surface area contributed by atoms with Crippen molar-refractivity contribution in [2.75, 3.05) is 5.73 Å². The third kappa shape index (κ3) is 1.80. The van der Waals surface area contributed by atoms with Crippen LogP contribution >= 0.6 is 11.5 Å². The van der Waals surface area contributed by atoms with Gasteiger partial charge in [-0.1, -0.05) is 4.49 Å². The zero-order chi connectivity index (χ0) is 9.97. The van der Waals surface area contributed by atoms with Gasteiger partial charge in [0.25, 0.3) is 0 Å². The Morgan fingerprint density at radius 2 is 2.14 bits per heavy atom. The first-order valence-electron chi connectivity index (χ1n) is 3.98. The highest BCUT2D eigenvalue weighted by atomic mass is 32.1. The summed E-state index contributed by atoms with van der Waals surface area (Å²) in [6.45, 7) is 0.544. The lowest BCUT2D eigenvalue weighted by Crippen LogP contribution is -2.06. The average molecular weight is 208 g/mol. The van der Waals surface area contributed by atoms with Crippen LogP contribution in [0.25, 0.3) is 0 Å². The summed E-state index contributed by atoms with van der Waals surface area (Å²) in [6, 6.07) is 2.99. The quantitative estimate of drug-likeness (QED) is 0.771. The van der Waals surface area contributed by atoms with Gasteiger partial charge in [-0.25, -0.2) is 0 Å². The normalized spacial score (nSPS) is 10.3. The van der Waals surface area contributed by atoms with E-state index in [9.17, 15) is 4.79 Å². The van der Waals surface area contributed by atoms with E-state index in [1.165, 1.54) is 23.7 Å². The summed E-state index contributed by atoms with van der Waals surface area (Å²) in [4.78, 5) is 10.8. The van der Waals surface area contributed by atoms with Crippen molar-refractivity contribution in [2.24, 2.45) is 0 Å². The fraction of sp³-hybridized carbons (Fsp3) is 0.125. The van der Waals surface area contributed by atoms with Gasteiger partial charge in [-0.3, -0.25) is 4.79 Å². The second-order valence-corrected chi connectivity index (χ2v) is 3.58. The lowest BCUT2D eigenvalue weighted by Gasteiger charge is -2.02. The van der Waals surface area contributed by atoms with Gasteiger partial charge in [0, 0.05) is 36.1 Å². The van der Waals surface area contributed by atoms with Crippen LogP contribution in [0.4, 0.5) is 5.00 Å². The summed E-state index contributed by atoms with van der Waals surface area (Å²) in [5.41, 5.74) is 6.36. The molecule has 0 saturated carbocycles. The Balaban J connectivity index is 2.23. The topological polar surface area (TPSA) is 73.8 Å². The Labute approximate surface area is 84.0 Å². The highest BCUT2D eigenvalue weighted by molar-refractivity contribution is 7.09. The zero-order valence-corrected chi connectivity index (χ0v) is 8.07. The van der Waals surface area contributed by atoms with Gasteiger partial charge in [0.05, 0.1) is 6.54 Å². The number of hydrogen-bond donors (Lipinski definition) is 1. The predicted molar refractivity (Wildman–Crippen MR) is 54.1 cm³/mol. The first-order chi connectivity index (χ1) is 6.75. The minimum absolute atomic E-state index is 0.00868. The number of nitrogen functional groups attached to an aromatic ring is 1. The van der Waals surface area contributed by atoms with Gasteiger partial charge in [-0.2, -0.15) is 0 Å². The molecule has 0 spiro atoms. The molecule has 14 heavy (non-hydrogen) atoms. The van der Waals surface area contributed by atoms with Crippen LogP contribution in [-0.4, -0.2) is 14.2 Å². The maximum Gasteiger partial charge on any atom is 0.181 e. The van der Waals surface area contributed by atoms with Gasteiger partial charge < -0.3 is 10.3 Å². The van der Waals surface area contributed by atoms with Gasteiger partial charge in [-0.05, 0) is 0 Å². The van der Waals surface area contributed by atoms with Crippen LogP contribution in [0.2, 0.25) is 0 Å². The van der Waals surface area contributed by atoms with Crippen LogP contribution in [0.15, 0.2) is 29.3 Å². The molecule has 72 valence electrons. The molecule has 0 radical (unpaired) electrons. The van der Waals surface area contributed by atoms with Crippen molar-refractivity contribution in [3.8, 4) is 0 Å². The maximum atomic E-state index is 10.8. The van der Waals surface area contributed by atoms with Gasteiger partial charge in [0.1, 0.15) is 10.7 Å². The molecule has 0 aliphatic rings. The first kappa shape index (κ1) is 8.89. The highest BCUT2D eigenvalue weighted by Crippen LogP contribution is 2.12. The summed E-state index contributed by atoms with van der Waals surface area (Å²) in [6.07, 6.45) is 3.39. The molecule has 0 aliphatic carbocycles. The number of rotatable bonds is 2. The third-order valence-electron chi connectivity index (χ3n) is 1.78. The van der Waals surface area contributed by atoms with Gasteiger partial charge >= 0.3 is 0 Å². The third-order valence-corrected chi connectivity index (χ3v) is 2.37. The molecule has 0 amide bonds. The minimum atomic E-state index is -0.00868. The number of pyridine rings is 1. The second-order valence-electron chi connectivity index (χ2n) is 2.79. The monoisotopic (exact) mass is 208 g/mol. The van der Waals surface area contributed by atoms with Crippen molar-refractivity contribution in [2.45, 2.75) is 6.54 Å². The Morgan fingerprint density at radius 1 is 1.43 bits per heavy atom. The maximum absolute atomic E-state index is 10.8. The van der Waals surface area contributed by atoms with Gasteiger partial charge in [-0.15, -0.1) is 5.10 Å². The van der Waals surface area contributed by atoms with Crippen molar-refractivity contribution < 1.29 is 0 Å². The van der Waals surface area contributed by atoms with Crippen LogP contribution in [0, 0.1) is 0 Å². The van der Waals surface area contributed by atoms with E-state index in [0.717, 1.165) is 5.69 Å². The van der Waals surface area contributed by atoms with Crippen molar-refractivity contribution in [1.29, 1.82) is 0 Å². The molecule has 0 fully saturated rings. The fourth-order valence-corrected chi connectivity index (χ4v) is 1.49. The van der Waals surface area contributed by atoms with E-state index >= 15 is 0 Å². The molecule has 0 unspecified atom stereocenters. The molecule has 2 aromatic heterocycles. The molecular formula is C8H8N4OS. The minimum Gasteiger partial charge on any atom is -0.388 e. The number of aromatic nitrogens is 3. The van der Waals surface area contributed by atoms with Crippen LogP contribution in [0.5, 0.6) is 0 Å². The van der Waals surface area contributed by atoms with E-state index in [2.05, 4.69) is 9.59 Å². The van der Waals surface area contributed by atoms with E-state index < -0.39 is 0 Å². The molecule has 2 aromatic rings.